The zero-order chi connectivity index (χ0) is 30.6. The number of amides is 1. The Morgan fingerprint density at radius 1 is 1.14 bits per heavy atom. The first-order valence-electron chi connectivity index (χ1n) is 14.9. The minimum Gasteiger partial charge on any atom is -0.483 e. The lowest BCUT2D eigenvalue weighted by Crippen LogP contribution is -2.50. The highest BCUT2D eigenvalue weighted by molar-refractivity contribution is 6.07. The summed E-state index contributed by atoms with van der Waals surface area (Å²) in [6, 6.07) is 11.4. The lowest BCUT2D eigenvalue weighted by molar-refractivity contribution is -0.111. The molecule has 1 atom stereocenters. The van der Waals surface area contributed by atoms with E-state index in [2.05, 4.69) is 25.5 Å². The number of nitrogens with zero attached hydrogens (tertiary/aromatic N) is 4. The molecule has 3 fully saturated rings. The molecule has 1 unspecified atom stereocenters. The van der Waals surface area contributed by atoms with Gasteiger partial charge in [-0.25, -0.2) is 19.2 Å². The van der Waals surface area contributed by atoms with Crippen molar-refractivity contribution in [2.75, 3.05) is 49.6 Å². The molecule has 4 aliphatic rings. The van der Waals surface area contributed by atoms with Crippen LogP contribution in [0.1, 0.15) is 38.3 Å². The summed E-state index contributed by atoms with van der Waals surface area (Å²) in [5, 5.41) is 6.55. The van der Waals surface area contributed by atoms with E-state index in [0.29, 0.717) is 69.4 Å². The lowest BCUT2D eigenvalue weighted by atomic mass is 9.99. The standard InChI is InChI=1S/C32H35FN6O5/c1-31(2,3)44-30(41)39-10-8-38(9-11-39)21-5-7-26(43-22-17-42-18-22)25(13-21)36-29-34-16-24(33)28(37-29)19-4-6-23-20(12-19)15-35-32(23)14-27(32)40/h4-7,12-13,16,22,35H,8-11,14-15,17-18H2,1-3H3,(H,34,36,37). The molecular formula is C32H35FN6O5. The normalized spacial score (nSPS) is 21.2. The third-order valence-corrected chi connectivity index (χ3v) is 8.35. The Balaban J connectivity index is 1.12. The fourth-order valence-electron chi connectivity index (χ4n) is 5.85. The van der Waals surface area contributed by atoms with Crippen LogP contribution in [0.3, 0.4) is 0 Å². The van der Waals surface area contributed by atoms with E-state index in [1.54, 1.807) is 11.0 Å². The Morgan fingerprint density at radius 2 is 1.91 bits per heavy atom. The number of carbonyl (C=O) groups excluding carboxylic acids is 2. The number of halogens is 1. The van der Waals surface area contributed by atoms with Crippen molar-refractivity contribution in [2.24, 2.45) is 0 Å². The largest absolute Gasteiger partial charge is 0.483 e. The first-order valence-corrected chi connectivity index (χ1v) is 14.9. The second-order valence-corrected chi connectivity index (χ2v) is 12.7. The molecule has 1 saturated carbocycles. The Hall–Kier alpha value is -4.29. The van der Waals surface area contributed by atoms with Crippen molar-refractivity contribution < 1.29 is 28.2 Å². The predicted octanol–water partition coefficient (Wildman–Crippen LogP) is 4.13. The van der Waals surface area contributed by atoms with Crippen LogP contribution in [0.15, 0.2) is 42.6 Å². The molecule has 1 amide bonds. The Bertz CT molecular complexity index is 1630. The van der Waals surface area contributed by atoms with Crippen molar-refractivity contribution in [3.8, 4) is 17.0 Å². The van der Waals surface area contributed by atoms with Gasteiger partial charge in [-0.15, -0.1) is 0 Å². The smallest absolute Gasteiger partial charge is 0.410 e. The van der Waals surface area contributed by atoms with Crippen molar-refractivity contribution in [2.45, 2.75) is 51.0 Å². The maximum absolute atomic E-state index is 15.1. The molecule has 0 radical (unpaired) electrons. The van der Waals surface area contributed by atoms with Crippen molar-refractivity contribution in [3.63, 3.8) is 0 Å². The van der Waals surface area contributed by atoms with E-state index in [-0.39, 0.29) is 29.6 Å². The number of hydrogen-bond acceptors (Lipinski definition) is 10. The third-order valence-electron chi connectivity index (χ3n) is 8.35. The van der Waals surface area contributed by atoms with E-state index >= 15 is 4.39 Å². The summed E-state index contributed by atoms with van der Waals surface area (Å²) in [7, 11) is 0. The maximum Gasteiger partial charge on any atom is 0.410 e. The number of fused-ring (bicyclic) bond motifs is 2. The number of hydrogen-bond donors (Lipinski definition) is 2. The Kier molecular flexibility index (Phi) is 6.93. The number of anilines is 3. The second-order valence-electron chi connectivity index (χ2n) is 12.7. The van der Waals surface area contributed by atoms with Crippen LogP contribution in [-0.4, -0.2) is 77.8 Å². The average Bonchev–Trinajstić information content (AvgIpc) is 3.49. The van der Waals surface area contributed by atoms with Gasteiger partial charge in [0.1, 0.15) is 28.7 Å². The molecule has 0 bridgehead atoms. The van der Waals surface area contributed by atoms with E-state index in [9.17, 15) is 9.59 Å². The van der Waals surface area contributed by atoms with Crippen LogP contribution < -0.4 is 20.3 Å². The van der Waals surface area contributed by atoms with Gasteiger partial charge in [0.25, 0.3) is 0 Å². The molecule has 7 rings (SSSR count). The maximum atomic E-state index is 15.1. The minimum absolute atomic E-state index is 0.0647. The molecule has 1 aromatic heterocycles. The number of ether oxygens (including phenoxy) is 3. The summed E-state index contributed by atoms with van der Waals surface area (Å²) < 4.78 is 32.1. The highest BCUT2D eigenvalue weighted by atomic mass is 19.1. The van der Waals surface area contributed by atoms with Gasteiger partial charge in [0, 0.05) is 50.4 Å². The number of Topliss-reactive ketones (excluding diaryl/α,β-unsaturated/α-hetero) is 1. The van der Waals surface area contributed by atoms with Crippen molar-refractivity contribution >= 4 is 29.2 Å². The molecule has 44 heavy (non-hydrogen) atoms. The van der Waals surface area contributed by atoms with Crippen LogP contribution in [0, 0.1) is 5.82 Å². The number of nitrogens with one attached hydrogen (secondary N) is 2. The Morgan fingerprint density at radius 3 is 2.59 bits per heavy atom. The van der Waals surface area contributed by atoms with E-state index in [0.717, 1.165) is 23.0 Å². The number of piperazine rings is 1. The quantitative estimate of drug-likeness (QED) is 0.426. The van der Waals surface area contributed by atoms with Gasteiger partial charge >= 0.3 is 6.09 Å². The number of benzene rings is 2. The summed E-state index contributed by atoms with van der Waals surface area (Å²) in [6.45, 7) is 9.47. The van der Waals surface area contributed by atoms with Gasteiger partial charge in [0.05, 0.1) is 25.1 Å². The highest BCUT2D eigenvalue weighted by Gasteiger charge is 2.58. The number of rotatable bonds is 6. The van der Waals surface area contributed by atoms with Crippen LogP contribution in [0.5, 0.6) is 5.75 Å². The number of ketones is 1. The molecule has 2 N–H and O–H groups in total. The molecule has 3 aliphatic heterocycles. The monoisotopic (exact) mass is 602 g/mol. The molecule has 1 aliphatic carbocycles. The van der Waals surface area contributed by atoms with Crippen molar-refractivity contribution in [1.29, 1.82) is 0 Å². The Labute approximate surface area is 254 Å². The zero-order valence-corrected chi connectivity index (χ0v) is 25.0. The SMILES string of the molecule is CC(C)(C)OC(=O)N1CCN(c2ccc(OC3COC3)c(Nc3ncc(F)c(-c4ccc5c(c4)CNC54CC4=O)n3)c2)CC1. The van der Waals surface area contributed by atoms with Gasteiger partial charge in [-0.3, -0.25) is 10.1 Å². The topological polar surface area (TPSA) is 118 Å². The molecule has 12 heteroatoms. The fourth-order valence-corrected chi connectivity index (χ4v) is 5.85. The molecule has 3 aromatic rings. The van der Waals surface area contributed by atoms with E-state index in [4.69, 9.17) is 14.2 Å². The summed E-state index contributed by atoms with van der Waals surface area (Å²) in [4.78, 5) is 37.3. The summed E-state index contributed by atoms with van der Waals surface area (Å²) in [6.07, 6.45) is 1.27. The average molecular weight is 603 g/mol. The summed E-state index contributed by atoms with van der Waals surface area (Å²) in [5.74, 6) is 0.461. The lowest BCUT2D eigenvalue weighted by Gasteiger charge is -2.37. The molecular weight excluding hydrogens is 567 g/mol. The van der Waals surface area contributed by atoms with Gasteiger partial charge in [0.2, 0.25) is 5.95 Å². The fraction of sp³-hybridized carbons (Fsp3) is 0.438. The van der Waals surface area contributed by atoms with Gasteiger partial charge in [0.15, 0.2) is 11.6 Å². The minimum atomic E-state index is -0.555. The summed E-state index contributed by atoms with van der Waals surface area (Å²) in [5.41, 5.74) is 3.18. The number of aromatic nitrogens is 2. The molecule has 11 nitrogen and oxygen atoms in total. The first kappa shape index (κ1) is 28.5. The van der Waals surface area contributed by atoms with Crippen LogP contribution in [0.2, 0.25) is 0 Å². The van der Waals surface area contributed by atoms with Crippen molar-refractivity contribution in [1.82, 2.24) is 20.2 Å². The molecule has 230 valence electrons. The molecule has 4 heterocycles. The van der Waals surface area contributed by atoms with Crippen molar-refractivity contribution in [3.05, 3.63) is 59.5 Å². The zero-order valence-electron chi connectivity index (χ0n) is 25.0. The van der Waals surface area contributed by atoms with E-state index < -0.39 is 17.0 Å². The number of carbonyl (C=O) groups is 2. The van der Waals surface area contributed by atoms with Crippen LogP contribution in [0.25, 0.3) is 11.3 Å². The molecule has 2 aromatic carbocycles. The van der Waals surface area contributed by atoms with Crippen LogP contribution in [0.4, 0.5) is 26.5 Å². The van der Waals surface area contributed by atoms with E-state index in [1.165, 1.54) is 0 Å². The third kappa shape index (κ3) is 5.43. The molecule has 1 spiro atoms. The van der Waals surface area contributed by atoms with Gasteiger partial charge in [-0.1, -0.05) is 12.1 Å². The van der Waals surface area contributed by atoms with Gasteiger partial charge in [-0.05, 0) is 56.2 Å². The predicted molar refractivity (Wildman–Crippen MR) is 161 cm³/mol. The first-order chi connectivity index (χ1) is 21.1. The van der Waals surface area contributed by atoms with E-state index in [1.807, 2.05) is 51.1 Å². The van der Waals surface area contributed by atoms with Gasteiger partial charge in [-0.2, -0.15) is 0 Å². The van der Waals surface area contributed by atoms with Crippen LogP contribution >= 0.6 is 0 Å². The summed E-state index contributed by atoms with van der Waals surface area (Å²) >= 11 is 0. The van der Waals surface area contributed by atoms with Crippen LogP contribution in [-0.2, 0) is 26.4 Å². The molecule has 2 saturated heterocycles. The second kappa shape index (κ2) is 10.7. The highest BCUT2D eigenvalue weighted by Crippen LogP contribution is 2.47. The van der Waals surface area contributed by atoms with Gasteiger partial charge < -0.3 is 29.3 Å².